The van der Waals surface area contributed by atoms with Crippen LogP contribution >= 0.6 is 7.82 Å². The predicted molar refractivity (Wildman–Crippen MR) is 233 cm³/mol. The van der Waals surface area contributed by atoms with Gasteiger partial charge in [0.25, 0.3) is 0 Å². The van der Waals surface area contributed by atoms with E-state index in [0.717, 1.165) is 70.6 Å². The van der Waals surface area contributed by atoms with Crippen molar-refractivity contribution in [3.05, 3.63) is 12.2 Å². The molecule has 0 heterocycles. The lowest BCUT2D eigenvalue weighted by Gasteiger charge is -2.28. The Balaban J connectivity index is 4.83. The number of esters is 2. The monoisotopic (exact) mass is 868 g/mol. The molecular formula is C45H87O13P. The van der Waals surface area contributed by atoms with E-state index in [1.54, 1.807) is 0 Å². The van der Waals surface area contributed by atoms with Crippen molar-refractivity contribution in [2.45, 2.75) is 237 Å². The zero-order chi connectivity index (χ0) is 44.7. The van der Waals surface area contributed by atoms with Crippen LogP contribution < -0.4 is 0 Å². The van der Waals surface area contributed by atoms with Crippen molar-refractivity contribution in [1.29, 1.82) is 0 Å². The highest BCUT2D eigenvalue weighted by molar-refractivity contribution is 7.47. The highest BCUT2D eigenvalue weighted by Gasteiger charge is 2.37. The van der Waals surface area contributed by atoms with E-state index in [-0.39, 0.29) is 12.8 Å². The molecule has 0 aliphatic heterocycles. The molecule has 0 bridgehead atoms. The van der Waals surface area contributed by atoms with Crippen LogP contribution in [0.2, 0.25) is 0 Å². The molecular weight excluding hydrogens is 779 g/mol. The Hall–Kier alpha value is -1.41. The van der Waals surface area contributed by atoms with Crippen LogP contribution in [-0.4, -0.2) is 99.3 Å². The van der Waals surface area contributed by atoms with Gasteiger partial charge in [0, 0.05) is 12.8 Å². The van der Waals surface area contributed by atoms with Crippen LogP contribution in [0.4, 0.5) is 0 Å². The van der Waals surface area contributed by atoms with Crippen molar-refractivity contribution in [3.8, 4) is 0 Å². The summed E-state index contributed by atoms with van der Waals surface area (Å²) in [6.45, 7) is -0.291. The van der Waals surface area contributed by atoms with Crippen molar-refractivity contribution in [2.24, 2.45) is 0 Å². The van der Waals surface area contributed by atoms with Gasteiger partial charge in [-0.3, -0.25) is 18.6 Å². The fraction of sp³-hybridized carbons (Fsp3) is 0.911. The molecule has 0 aliphatic carbocycles. The molecule has 0 rings (SSSR count). The zero-order valence-electron chi connectivity index (χ0n) is 37.9. The lowest BCUT2D eigenvalue weighted by atomic mass is 10.0. The van der Waals surface area contributed by atoms with Crippen LogP contribution in [0, 0.1) is 0 Å². The maximum absolute atomic E-state index is 12.8. The number of allylic oxidation sites excluding steroid dienone is 2. The van der Waals surface area contributed by atoms with E-state index in [1.165, 1.54) is 96.3 Å². The Kier molecular flexibility index (Phi) is 38.3. The van der Waals surface area contributed by atoms with Gasteiger partial charge in [0.1, 0.15) is 31.0 Å². The Morgan fingerprint density at radius 1 is 0.593 bits per heavy atom. The summed E-state index contributed by atoms with van der Waals surface area (Å²) in [5.74, 6) is -1.40. The molecule has 350 valence electrons. The number of rotatable bonds is 44. The second-order valence-corrected chi connectivity index (χ2v) is 17.4. The molecule has 0 amide bonds. The number of carbonyl (C=O) groups excluding carboxylic acids is 2. The van der Waals surface area contributed by atoms with E-state index in [0.29, 0.717) is 12.8 Å². The molecule has 14 heteroatoms. The summed E-state index contributed by atoms with van der Waals surface area (Å²) in [6.07, 6.45) is 26.8. The number of ether oxygens (including phenoxy) is 2. The number of hydrogen-bond donors (Lipinski definition) is 6. The van der Waals surface area contributed by atoms with Gasteiger partial charge in [0.2, 0.25) is 0 Å². The summed E-state index contributed by atoms with van der Waals surface area (Å²) < 4.78 is 41.6. The van der Waals surface area contributed by atoms with Gasteiger partial charge in [-0.25, -0.2) is 4.57 Å². The van der Waals surface area contributed by atoms with Crippen LogP contribution in [0.1, 0.15) is 208 Å². The molecule has 0 aromatic carbocycles. The van der Waals surface area contributed by atoms with Crippen molar-refractivity contribution >= 4 is 19.8 Å². The first-order valence-corrected chi connectivity index (χ1v) is 24.8. The van der Waals surface area contributed by atoms with Gasteiger partial charge in [-0.2, -0.15) is 0 Å². The normalized spacial score (nSPS) is 16.2. The Morgan fingerprint density at radius 2 is 1.00 bits per heavy atom. The molecule has 13 nitrogen and oxygen atoms in total. The van der Waals surface area contributed by atoms with E-state index < -0.39 is 76.7 Å². The van der Waals surface area contributed by atoms with Crippen LogP contribution in [0.15, 0.2) is 12.2 Å². The maximum atomic E-state index is 12.8. The lowest BCUT2D eigenvalue weighted by molar-refractivity contribution is -0.161. The van der Waals surface area contributed by atoms with Gasteiger partial charge in [-0.05, 0) is 38.5 Å². The Bertz CT molecular complexity index is 1080. The first kappa shape index (κ1) is 55.6. The molecule has 0 spiro atoms. The van der Waals surface area contributed by atoms with E-state index >= 15 is 0 Å². The van der Waals surface area contributed by atoms with Gasteiger partial charge in [-0.15, -0.1) is 0 Å². The number of unbranched alkanes of at least 4 members (excludes halogenated alkanes) is 25. The topological polar surface area (TPSA) is 210 Å². The molecule has 7 atom stereocenters. The van der Waals surface area contributed by atoms with Crippen LogP contribution in [-0.2, 0) is 32.7 Å². The molecule has 0 aromatic heterocycles. The number of aliphatic hydroxyl groups excluding tert-OH is 5. The summed E-state index contributed by atoms with van der Waals surface area (Å²) in [5.41, 5.74) is 0. The predicted octanol–water partition coefficient (Wildman–Crippen LogP) is 9.31. The van der Waals surface area contributed by atoms with Gasteiger partial charge >= 0.3 is 19.8 Å². The molecule has 0 aliphatic rings. The first-order chi connectivity index (χ1) is 28.9. The third kappa shape index (κ3) is 35.8. The summed E-state index contributed by atoms with van der Waals surface area (Å²) in [5, 5.41) is 48.4. The summed E-state index contributed by atoms with van der Waals surface area (Å²) in [4.78, 5) is 35.8. The average Bonchev–Trinajstić information content (AvgIpc) is 3.23. The number of aliphatic hydroxyl groups is 5. The maximum Gasteiger partial charge on any atom is 0.472 e. The summed E-state index contributed by atoms with van der Waals surface area (Å²) >= 11 is 0. The van der Waals surface area contributed by atoms with E-state index in [4.69, 9.17) is 25.0 Å². The third-order valence-corrected chi connectivity index (χ3v) is 11.4. The van der Waals surface area contributed by atoms with Crippen molar-refractivity contribution in [1.82, 2.24) is 0 Å². The quantitative estimate of drug-likeness (QED) is 0.0146. The Morgan fingerprint density at radius 3 is 1.42 bits per heavy atom. The number of phosphoric ester groups is 1. The third-order valence-electron chi connectivity index (χ3n) is 10.4. The molecule has 0 saturated carbocycles. The molecule has 0 saturated heterocycles. The standard InChI is InChI=1S/C45H87O13P/c1-3-5-7-9-11-13-15-17-19-21-23-25-27-29-31-33-42(49)55-37-39(38-56-59(53,54)58-41(36-47)45(52)44(51)40(48)35-46)57-43(50)34-32-30-28-26-24-22-20-18-16-14-12-10-8-6-4-2/h16,18,39-41,44-48,51-52H,3-15,17,19-38H2,1-2H3,(H,53,54)/b18-16-/t39-,40-,41-,44-,45-/m1/s1/i37D/t37?,39-,40-,41-,44-,45-. The molecule has 0 fully saturated rings. The van der Waals surface area contributed by atoms with E-state index in [2.05, 4.69) is 26.0 Å². The van der Waals surface area contributed by atoms with Gasteiger partial charge < -0.3 is 39.9 Å². The average molecular weight is 868 g/mol. The van der Waals surface area contributed by atoms with Crippen LogP contribution in [0.5, 0.6) is 0 Å². The van der Waals surface area contributed by atoms with E-state index in [1.807, 2.05) is 0 Å². The largest absolute Gasteiger partial charge is 0.472 e. The molecule has 6 N–H and O–H groups in total. The number of phosphoric acid groups is 1. The number of hydrogen-bond acceptors (Lipinski definition) is 12. The van der Waals surface area contributed by atoms with Gasteiger partial charge in [0.05, 0.1) is 21.2 Å². The Labute approximate surface area is 359 Å². The van der Waals surface area contributed by atoms with Crippen molar-refractivity contribution < 1.29 is 64.5 Å². The van der Waals surface area contributed by atoms with Gasteiger partial charge in [-0.1, -0.05) is 167 Å². The SMILES string of the molecule is [2H]C(OC(=O)CCCCCCCCCCCCCCCCC)[C@H](COP(=O)(O)O[C@H](CO)[C@@H](O)[C@H](O)[C@H](O)CO)OC(=O)CCCCCCCC/C=C\CCCCCCC. The van der Waals surface area contributed by atoms with Crippen molar-refractivity contribution in [3.63, 3.8) is 0 Å². The smallest absolute Gasteiger partial charge is 0.462 e. The number of carbonyl (C=O) groups is 2. The van der Waals surface area contributed by atoms with Crippen LogP contribution in [0.3, 0.4) is 0 Å². The summed E-state index contributed by atoms with van der Waals surface area (Å²) in [6, 6.07) is 0. The minimum atomic E-state index is -5.16. The molecule has 59 heavy (non-hydrogen) atoms. The second kappa shape index (κ2) is 40.6. The second-order valence-electron chi connectivity index (χ2n) is 16.0. The minimum absolute atomic E-state index is 0.00836. The zero-order valence-corrected chi connectivity index (χ0v) is 37.8. The molecule has 0 radical (unpaired) electrons. The van der Waals surface area contributed by atoms with Gasteiger partial charge in [0.15, 0.2) is 6.10 Å². The highest BCUT2D eigenvalue weighted by Crippen LogP contribution is 2.45. The lowest BCUT2D eigenvalue weighted by Crippen LogP contribution is -2.47. The fourth-order valence-electron chi connectivity index (χ4n) is 6.65. The molecule has 2 unspecified atom stereocenters. The highest BCUT2D eigenvalue weighted by atomic mass is 31.2. The van der Waals surface area contributed by atoms with E-state index in [9.17, 15) is 39.5 Å². The fourth-order valence-corrected chi connectivity index (χ4v) is 7.58. The summed E-state index contributed by atoms with van der Waals surface area (Å²) in [7, 11) is -5.16. The van der Waals surface area contributed by atoms with Crippen LogP contribution in [0.25, 0.3) is 0 Å². The van der Waals surface area contributed by atoms with Crippen molar-refractivity contribution in [2.75, 3.05) is 26.4 Å². The minimum Gasteiger partial charge on any atom is -0.462 e. The first-order valence-electron chi connectivity index (χ1n) is 23.9. The molecule has 0 aromatic rings.